The Morgan fingerprint density at radius 3 is 2.39 bits per heavy atom. The zero-order valence-electron chi connectivity index (χ0n) is 13.4. The summed E-state index contributed by atoms with van der Waals surface area (Å²) >= 11 is 2.54. The second kappa shape index (κ2) is 7.56. The molecule has 1 aromatic carbocycles. The van der Waals surface area contributed by atoms with Crippen LogP contribution in [-0.2, 0) is 9.59 Å². The van der Waals surface area contributed by atoms with Crippen LogP contribution in [0.2, 0.25) is 0 Å². The predicted molar refractivity (Wildman–Crippen MR) is 94.2 cm³/mol. The first-order chi connectivity index (χ1) is 10.8. The molecule has 8 heteroatoms. The summed E-state index contributed by atoms with van der Waals surface area (Å²) < 4.78 is 0.640. The standard InChI is InChI=1S/C15H18N4O2S2/c1-8-5-9(2)13(10(3)6-8)17-12(21)7-22-15-19-18-14(23-15)16-11(4)20/h5-6H,7H2,1-4H3,(H,17,21)(H,16,18,20). The third-order valence-electron chi connectivity index (χ3n) is 2.96. The normalized spacial score (nSPS) is 10.4. The van der Waals surface area contributed by atoms with Crippen molar-refractivity contribution in [3.05, 3.63) is 28.8 Å². The van der Waals surface area contributed by atoms with Crippen molar-refractivity contribution < 1.29 is 9.59 Å². The van der Waals surface area contributed by atoms with Gasteiger partial charge in [0.15, 0.2) is 4.34 Å². The molecule has 2 rings (SSSR count). The molecule has 0 radical (unpaired) electrons. The molecule has 122 valence electrons. The monoisotopic (exact) mass is 350 g/mol. The van der Waals surface area contributed by atoms with Gasteiger partial charge >= 0.3 is 0 Å². The highest BCUT2D eigenvalue weighted by Crippen LogP contribution is 2.26. The lowest BCUT2D eigenvalue weighted by Crippen LogP contribution is -2.15. The summed E-state index contributed by atoms with van der Waals surface area (Å²) in [4.78, 5) is 23.1. The van der Waals surface area contributed by atoms with Crippen molar-refractivity contribution in [2.45, 2.75) is 32.0 Å². The molecule has 23 heavy (non-hydrogen) atoms. The van der Waals surface area contributed by atoms with E-state index in [4.69, 9.17) is 0 Å². The van der Waals surface area contributed by atoms with Crippen LogP contribution in [0.3, 0.4) is 0 Å². The van der Waals surface area contributed by atoms with Gasteiger partial charge < -0.3 is 10.6 Å². The van der Waals surface area contributed by atoms with Crippen molar-refractivity contribution in [2.24, 2.45) is 0 Å². The van der Waals surface area contributed by atoms with Crippen molar-refractivity contribution in [1.29, 1.82) is 0 Å². The molecule has 1 heterocycles. The van der Waals surface area contributed by atoms with Crippen molar-refractivity contribution >= 4 is 45.7 Å². The maximum Gasteiger partial charge on any atom is 0.234 e. The summed E-state index contributed by atoms with van der Waals surface area (Å²) in [5, 5.41) is 13.7. The quantitative estimate of drug-likeness (QED) is 0.639. The molecule has 2 N–H and O–H groups in total. The van der Waals surface area contributed by atoms with E-state index in [1.165, 1.54) is 35.6 Å². The van der Waals surface area contributed by atoms with Crippen LogP contribution in [0.4, 0.5) is 10.8 Å². The number of hydrogen-bond acceptors (Lipinski definition) is 6. The van der Waals surface area contributed by atoms with Gasteiger partial charge in [-0.1, -0.05) is 40.8 Å². The van der Waals surface area contributed by atoms with Crippen LogP contribution < -0.4 is 10.6 Å². The SMILES string of the molecule is CC(=O)Nc1nnc(SCC(=O)Nc2c(C)cc(C)cc2C)s1. The molecule has 2 amide bonds. The number of thioether (sulfide) groups is 1. The lowest BCUT2D eigenvalue weighted by Gasteiger charge is -2.12. The average Bonchev–Trinajstić information content (AvgIpc) is 2.87. The lowest BCUT2D eigenvalue weighted by molar-refractivity contribution is -0.114. The summed E-state index contributed by atoms with van der Waals surface area (Å²) in [6, 6.07) is 4.08. The van der Waals surface area contributed by atoms with E-state index in [2.05, 4.69) is 20.8 Å². The fraction of sp³-hybridized carbons (Fsp3) is 0.333. The summed E-state index contributed by atoms with van der Waals surface area (Å²) in [5.41, 5.74) is 4.12. The summed E-state index contributed by atoms with van der Waals surface area (Å²) in [7, 11) is 0. The molecule has 0 bridgehead atoms. The number of nitrogens with zero attached hydrogens (tertiary/aromatic N) is 2. The second-order valence-electron chi connectivity index (χ2n) is 5.16. The maximum absolute atomic E-state index is 12.1. The van der Waals surface area contributed by atoms with Gasteiger partial charge in [0.05, 0.1) is 5.75 Å². The molecule has 0 saturated carbocycles. The smallest absolute Gasteiger partial charge is 0.234 e. The second-order valence-corrected chi connectivity index (χ2v) is 7.36. The van der Waals surface area contributed by atoms with Crippen molar-refractivity contribution in [3.8, 4) is 0 Å². The van der Waals surface area contributed by atoms with Gasteiger partial charge in [0.1, 0.15) is 0 Å². The van der Waals surface area contributed by atoms with Crippen molar-refractivity contribution in [3.63, 3.8) is 0 Å². The number of hydrogen-bond donors (Lipinski definition) is 2. The zero-order chi connectivity index (χ0) is 17.0. The Hall–Kier alpha value is -1.93. The first kappa shape index (κ1) is 17.4. The molecule has 0 fully saturated rings. The molecule has 0 aliphatic carbocycles. The highest BCUT2D eigenvalue weighted by atomic mass is 32.2. The number of aryl methyl sites for hydroxylation is 3. The molecule has 0 atom stereocenters. The molecule has 2 aromatic rings. The Bertz CT molecular complexity index is 720. The molecule has 0 unspecified atom stereocenters. The van der Waals surface area contributed by atoms with Gasteiger partial charge in [0.25, 0.3) is 0 Å². The van der Waals surface area contributed by atoms with E-state index in [1.54, 1.807) is 0 Å². The van der Waals surface area contributed by atoms with E-state index in [0.29, 0.717) is 9.47 Å². The van der Waals surface area contributed by atoms with Gasteiger partial charge in [-0.15, -0.1) is 10.2 Å². The van der Waals surface area contributed by atoms with E-state index < -0.39 is 0 Å². The number of carbonyl (C=O) groups excluding carboxylic acids is 2. The summed E-state index contributed by atoms with van der Waals surface area (Å²) in [6.07, 6.45) is 0. The number of rotatable bonds is 5. The van der Waals surface area contributed by atoms with Crippen LogP contribution in [0.15, 0.2) is 16.5 Å². The number of anilines is 2. The largest absolute Gasteiger partial charge is 0.325 e. The van der Waals surface area contributed by atoms with E-state index in [9.17, 15) is 9.59 Å². The Balaban J connectivity index is 1.93. The highest BCUT2D eigenvalue weighted by molar-refractivity contribution is 8.01. The molecule has 0 spiro atoms. The molecule has 1 aromatic heterocycles. The van der Waals surface area contributed by atoms with Gasteiger partial charge in [-0.3, -0.25) is 9.59 Å². The Kier molecular flexibility index (Phi) is 5.73. The summed E-state index contributed by atoms with van der Waals surface area (Å²) in [6.45, 7) is 7.40. The third-order valence-corrected chi connectivity index (χ3v) is 4.93. The van der Waals surface area contributed by atoms with Crippen LogP contribution in [0.25, 0.3) is 0 Å². The highest BCUT2D eigenvalue weighted by Gasteiger charge is 2.11. The minimum Gasteiger partial charge on any atom is -0.325 e. The minimum atomic E-state index is -0.194. The van der Waals surface area contributed by atoms with Gasteiger partial charge in [-0.05, 0) is 31.9 Å². The minimum absolute atomic E-state index is 0.0960. The average molecular weight is 350 g/mol. The molecular weight excluding hydrogens is 332 g/mol. The van der Waals surface area contributed by atoms with Crippen LogP contribution in [0, 0.1) is 20.8 Å². The van der Waals surface area contributed by atoms with Crippen LogP contribution >= 0.6 is 23.1 Å². The topological polar surface area (TPSA) is 84.0 Å². The molecular formula is C15H18N4O2S2. The van der Waals surface area contributed by atoms with Gasteiger partial charge in [0, 0.05) is 12.6 Å². The van der Waals surface area contributed by atoms with E-state index in [-0.39, 0.29) is 17.6 Å². The van der Waals surface area contributed by atoms with E-state index in [1.807, 2.05) is 32.9 Å². The molecule has 0 saturated heterocycles. The lowest BCUT2D eigenvalue weighted by atomic mass is 10.1. The first-order valence-electron chi connectivity index (χ1n) is 6.96. The fourth-order valence-corrected chi connectivity index (χ4v) is 3.75. The zero-order valence-corrected chi connectivity index (χ0v) is 15.0. The molecule has 0 aliphatic heterocycles. The van der Waals surface area contributed by atoms with Crippen LogP contribution in [0.1, 0.15) is 23.6 Å². The van der Waals surface area contributed by atoms with Crippen LogP contribution in [0.5, 0.6) is 0 Å². The number of carbonyl (C=O) groups is 2. The Morgan fingerprint density at radius 2 is 1.78 bits per heavy atom. The van der Waals surface area contributed by atoms with Gasteiger partial charge in [-0.25, -0.2) is 0 Å². The predicted octanol–water partition coefficient (Wildman–Crippen LogP) is 3.15. The number of nitrogens with one attached hydrogen (secondary N) is 2. The van der Waals surface area contributed by atoms with Gasteiger partial charge in [-0.2, -0.15) is 0 Å². The Morgan fingerprint density at radius 1 is 1.13 bits per heavy atom. The molecule has 6 nitrogen and oxygen atoms in total. The van der Waals surface area contributed by atoms with E-state index >= 15 is 0 Å². The van der Waals surface area contributed by atoms with Crippen molar-refractivity contribution in [1.82, 2.24) is 10.2 Å². The number of aromatic nitrogens is 2. The Labute approximate surface area is 143 Å². The summed E-state index contributed by atoms with van der Waals surface area (Å²) in [5.74, 6) is -0.0522. The number of amides is 2. The fourth-order valence-electron chi connectivity index (χ4n) is 2.15. The third kappa shape index (κ3) is 5.04. The number of benzene rings is 1. The van der Waals surface area contributed by atoms with E-state index in [0.717, 1.165) is 16.8 Å². The molecule has 0 aliphatic rings. The van der Waals surface area contributed by atoms with Crippen LogP contribution in [-0.4, -0.2) is 27.8 Å². The van der Waals surface area contributed by atoms with Gasteiger partial charge in [0.2, 0.25) is 16.9 Å². The van der Waals surface area contributed by atoms with Crippen molar-refractivity contribution in [2.75, 3.05) is 16.4 Å². The first-order valence-corrected chi connectivity index (χ1v) is 8.77. The maximum atomic E-state index is 12.1.